The van der Waals surface area contributed by atoms with E-state index in [2.05, 4.69) is 0 Å². The van der Waals surface area contributed by atoms with Crippen molar-refractivity contribution in [3.63, 3.8) is 0 Å². The van der Waals surface area contributed by atoms with Crippen molar-refractivity contribution in [2.45, 2.75) is 36.4 Å². The van der Waals surface area contributed by atoms with Crippen LogP contribution < -0.4 is 5.30 Å². The van der Waals surface area contributed by atoms with Gasteiger partial charge in [0.05, 0.1) is 30.5 Å². The molecule has 0 amide bonds. The van der Waals surface area contributed by atoms with Crippen molar-refractivity contribution in [3.8, 4) is 0 Å². The zero-order valence-electron chi connectivity index (χ0n) is 12.9. The van der Waals surface area contributed by atoms with Crippen molar-refractivity contribution >= 4 is 12.4 Å². The van der Waals surface area contributed by atoms with Gasteiger partial charge in [-0.2, -0.15) is 5.06 Å². The van der Waals surface area contributed by atoms with Gasteiger partial charge in [-0.1, -0.05) is 30.3 Å². The molecule has 0 aliphatic carbocycles. The second-order valence-electron chi connectivity index (χ2n) is 6.34. The molecule has 3 saturated heterocycles. The number of nitrogens with zero attached hydrogens (tertiary/aromatic N) is 1. The van der Waals surface area contributed by atoms with Gasteiger partial charge in [0, 0.05) is 25.7 Å². The normalized spacial score (nSPS) is 44.2. The number of hydrogen-bond acceptors (Lipinski definition) is 5. The van der Waals surface area contributed by atoms with Crippen LogP contribution in [0, 0.1) is 0 Å². The van der Waals surface area contributed by atoms with E-state index in [1.54, 1.807) is 14.2 Å². The Hall–Kier alpha value is -0.710. The highest BCUT2D eigenvalue weighted by molar-refractivity contribution is 7.72. The van der Waals surface area contributed by atoms with Crippen molar-refractivity contribution in [3.05, 3.63) is 30.3 Å². The molecule has 0 saturated carbocycles. The average molecular weight is 323 g/mol. The molecule has 1 aromatic rings. The third-order valence-electron chi connectivity index (χ3n) is 5.39. The number of hydroxylamine groups is 2. The van der Waals surface area contributed by atoms with Crippen molar-refractivity contribution in [1.29, 1.82) is 0 Å². The Labute approximate surface area is 130 Å². The fourth-order valence-corrected chi connectivity index (χ4v) is 8.18. The lowest BCUT2D eigenvalue weighted by Crippen LogP contribution is -2.42. The molecule has 0 bridgehead atoms. The first-order valence-corrected chi connectivity index (χ1v) is 9.78. The molecular weight excluding hydrogens is 301 g/mol. The van der Waals surface area contributed by atoms with Crippen molar-refractivity contribution in [1.82, 2.24) is 5.06 Å². The Kier molecular flexibility index (Phi) is 3.67. The maximum Gasteiger partial charge on any atom is 0.123 e. The van der Waals surface area contributed by atoms with Crippen molar-refractivity contribution < 1.29 is 18.9 Å². The SMILES string of the molecule is CO[C@H]1[C@@H]2[C@@H]3[C@@H](CC[P@@]3(=O)c3ccccc3)ON2C[C@@H]1OC. The molecule has 0 aromatic heterocycles. The third kappa shape index (κ3) is 1.97. The van der Waals surface area contributed by atoms with Crippen LogP contribution in [0.4, 0.5) is 0 Å². The van der Waals surface area contributed by atoms with E-state index in [1.807, 2.05) is 35.4 Å². The van der Waals surface area contributed by atoms with Gasteiger partial charge in [-0.25, -0.2) is 0 Å². The van der Waals surface area contributed by atoms with E-state index >= 15 is 0 Å². The van der Waals surface area contributed by atoms with E-state index in [0.29, 0.717) is 6.54 Å². The van der Waals surface area contributed by atoms with Crippen LogP contribution in [-0.4, -0.2) is 62.0 Å². The van der Waals surface area contributed by atoms with Gasteiger partial charge in [0.25, 0.3) is 0 Å². The van der Waals surface area contributed by atoms with E-state index in [4.69, 9.17) is 14.3 Å². The molecule has 0 unspecified atom stereocenters. The van der Waals surface area contributed by atoms with Crippen LogP contribution in [0.15, 0.2) is 30.3 Å². The maximum absolute atomic E-state index is 13.8. The molecular formula is C16H22NO4P. The highest BCUT2D eigenvalue weighted by Crippen LogP contribution is 2.63. The summed E-state index contributed by atoms with van der Waals surface area (Å²) < 4.78 is 25.1. The molecule has 3 aliphatic heterocycles. The number of ether oxygens (including phenoxy) is 2. The Morgan fingerprint density at radius 2 is 2.00 bits per heavy atom. The molecule has 0 spiro atoms. The Morgan fingerprint density at radius 1 is 1.23 bits per heavy atom. The Balaban J connectivity index is 1.72. The first-order valence-electron chi connectivity index (χ1n) is 7.82. The molecule has 3 aliphatic rings. The molecule has 4 rings (SSSR count). The molecule has 0 N–H and O–H groups in total. The van der Waals surface area contributed by atoms with Crippen LogP contribution in [0.5, 0.6) is 0 Å². The van der Waals surface area contributed by atoms with E-state index in [9.17, 15) is 4.57 Å². The highest BCUT2D eigenvalue weighted by Gasteiger charge is 2.63. The van der Waals surface area contributed by atoms with Crippen molar-refractivity contribution in [2.75, 3.05) is 26.9 Å². The minimum Gasteiger partial charge on any atom is -0.377 e. The molecule has 120 valence electrons. The summed E-state index contributed by atoms with van der Waals surface area (Å²) in [5.41, 5.74) is 0.0139. The molecule has 1 aromatic carbocycles. The third-order valence-corrected chi connectivity index (χ3v) is 9.09. The summed E-state index contributed by atoms with van der Waals surface area (Å²) in [5.74, 6) is 0. The molecule has 5 nitrogen and oxygen atoms in total. The van der Waals surface area contributed by atoms with Crippen molar-refractivity contribution in [2.24, 2.45) is 0 Å². The summed E-state index contributed by atoms with van der Waals surface area (Å²) in [6.07, 6.45) is 1.52. The lowest BCUT2D eigenvalue weighted by molar-refractivity contribution is -0.154. The van der Waals surface area contributed by atoms with Gasteiger partial charge in [0.2, 0.25) is 0 Å². The molecule has 0 radical (unpaired) electrons. The second-order valence-corrected chi connectivity index (χ2v) is 9.49. The minimum atomic E-state index is -2.49. The number of rotatable bonds is 3. The van der Waals surface area contributed by atoms with Gasteiger partial charge >= 0.3 is 0 Å². The van der Waals surface area contributed by atoms with E-state index in [1.165, 1.54) is 0 Å². The van der Waals surface area contributed by atoms with Gasteiger partial charge in [-0.3, -0.25) is 4.84 Å². The Morgan fingerprint density at radius 3 is 2.68 bits per heavy atom. The second kappa shape index (κ2) is 5.43. The van der Waals surface area contributed by atoms with E-state index in [-0.39, 0.29) is 30.0 Å². The lowest BCUT2D eigenvalue weighted by atomic mass is 10.0. The summed E-state index contributed by atoms with van der Waals surface area (Å²) in [4.78, 5) is 6.09. The van der Waals surface area contributed by atoms with Crippen LogP contribution in [0.1, 0.15) is 6.42 Å². The largest absolute Gasteiger partial charge is 0.377 e. The number of hydrogen-bond donors (Lipinski definition) is 0. The van der Waals surface area contributed by atoms with Gasteiger partial charge in [-0.05, 0) is 6.42 Å². The van der Waals surface area contributed by atoms with Crippen LogP contribution in [0.25, 0.3) is 0 Å². The first kappa shape index (κ1) is 14.9. The lowest BCUT2D eigenvalue weighted by Gasteiger charge is -2.28. The zero-order chi connectivity index (χ0) is 15.3. The molecule has 3 fully saturated rings. The summed E-state index contributed by atoms with van der Waals surface area (Å²) in [6, 6.07) is 9.92. The topological polar surface area (TPSA) is 48.0 Å². The number of methoxy groups -OCH3 is 2. The van der Waals surface area contributed by atoms with Gasteiger partial charge in [0.1, 0.15) is 13.2 Å². The van der Waals surface area contributed by atoms with E-state index in [0.717, 1.165) is 17.9 Å². The summed E-state index contributed by atoms with van der Waals surface area (Å²) in [6.45, 7) is 0.682. The van der Waals surface area contributed by atoms with Crippen LogP contribution in [0.3, 0.4) is 0 Å². The van der Waals surface area contributed by atoms with Crippen LogP contribution in [-0.2, 0) is 18.9 Å². The minimum absolute atomic E-state index is 0.0139. The average Bonchev–Trinajstić information content (AvgIpc) is 3.17. The number of fused-ring (bicyclic) bond motifs is 3. The predicted molar refractivity (Wildman–Crippen MR) is 83.9 cm³/mol. The zero-order valence-corrected chi connectivity index (χ0v) is 13.8. The fraction of sp³-hybridized carbons (Fsp3) is 0.625. The summed E-state index contributed by atoms with van der Waals surface area (Å²) in [7, 11) is 0.915. The number of benzene rings is 1. The van der Waals surface area contributed by atoms with Crippen LogP contribution >= 0.6 is 7.14 Å². The first-order chi connectivity index (χ1) is 10.7. The molecule has 6 heteroatoms. The van der Waals surface area contributed by atoms with Gasteiger partial charge in [0.15, 0.2) is 0 Å². The quantitative estimate of drug-likeness (QED) is 0.789. The molecule has 3 heterocycles. The monoisotopic (exact) mass is 323 g/mol. The highest BCUT2D eigenvalue weighted by atomic mass is 31.2. The molecule has 6 atom stereocenters. The van der Waals surface area contributed by atoms with Crippen LogP contribution in [0.2, 0.25) is 0 Å². The summed E-state index contributed by atoms with van der Waals surface area (Å²) >= 11 is 0. The Bertz CT molecular complexity index is 595. The maximum atomic E-state index is 13.8. The smallest absolute Gasteiger partial charge is 0.123 e. The van der Waals surface area contributed by atoms with E-state index < -0.39 is 7.14 Å². The summed E-state index contributed by atoms with van der Waals surface area (Å²) in [5, 5.41) is 2.94. The molecule has 22 heavy (non-hydrogen) atoms. The predicted octanol–water partition coefficient (Wildman–Crippen LogP) is 1.48. The van der Waals surface area contributed by atoms with Gasteiger partial charge in [-0.15, -0.1) is 0 Å². The fourth-order valence-electron chi connectivity index (χ4n) is 4.41. The van der Waals surface area contributed by atoms with Gasteiger partial charge < -0.3 is 14.0 Å². The standard InChI is InChI=1S/C16H22NO4P/c1-19-13-10-17-14(15(13)20-2)16-12(21-17)8-9-22(16,18)11-6-4-3-5-7-11/h3-7,12-16H,8-10H2,1-2H3/t12-,13+,14-,15-,16+,22-/m1/s1.